The van der Waals surface area contributed by atoms with Crippen LogP contribution in [-0.2, 0) is 10.5 Å². The van der Waals surface area contributed by atoms with Crippen LogP contribution in [0.1, 0.15) is 11.1 Å². The van der Waals surface area contributed by atoms with Crippen molar-refractivity contribution < 1.29 is 15.0 Å². The molecule has 18 heavy (non-hydrogen) atoms. The van der Waals surface area contributed by atoms with Gasteiger partial charge in [-0.3, -0.25) is 4.79 Å². The van der Waals surface area contributed by atoms with Gasteiger partial charge in [-0.1, -0.05) is 29.8 Å². The third-order valence-corrected chi connectivity index (χ3v) is 3.33. The first kappa shape index (κ1) is 15.0. The van der Waals surface area contributed by atoms with Gasteiger partial charge in [-0.15, -0.1) is 11.8 Å². The van der Waals surface area contributed by atoms with Crippen molar-refractivity contribution in [1.82, 2.24) is 5.32 Å². The molecule has 0 aliphatic rings. The largest absolute Gasteiger partial charge is 0.394 e. The van der Waals surface area contributed by atoms with Crippen LogP contribution in [0, 0.1) is 6.92 Å². The molecule has 0 radical (unpaired) electrons. The Hall–Kier alpha value is -1.04. The van der Waals surface area contributed by atoms with Crippen LogP contribution in [0.5, 0.6) is 0 Å². The highest BCUT2D eigenvalue weighted by Crippen LogP contribution is 2.13. The molecule has 100 valence electrons. The molecule has 1 rings (SSSR count). The van der Waals surface area contributed by atoms with E-state index in [1.807, 2.05) is 25.1 Å². The predicted octanol–water partition coefficient (Wildman–Crippen LogP) is 0.698. The van der Waals surface area contributed by atoms with Gasteiger partial charge in [-0.2, -0.15) is 0 Å². The first-order chi connectivity index (χ1) is 8.61. The molecule has 0 saturated heterocycles. The molecule has 1 aromatic carbocycles. The van der Waals surface area contributed by atoms with Gasteiger partial charge in [0.2, 0.25) is 5.91 Å². The average molecular weight is 269 g/mol. The number of hydrogen-bond donors (Lipinski definition) is 3. The van der Waals surface area contributed by atoms with Crippen LogP contribution < -0.4 is 5.32 Å². The Morgan fingerprint density at radius 3 is 2.94 bits per heavy atom. The number of aliphatic hydroxyl groups excluding tert-OH is 2. The highest BCUT2D eigenvalue weighted by molar-refractivity contribution is 7.99. The van der Waals surface area contributed by atoms with E-state index in [0.29, 0.717) is 5.75 Å². The van der Waals surface area contributed by atoms with Gasteiger partial charge < -0.3 is 15.5 Å². The highest BCUT2D eigenvalue weighted by atomic mass is 32.2. The van der Waals surface area contributed by atoms with E-state index < -0.39 is 6.10 Å². The Morgan fingerprint density at radius 1 is 1.50 bits per heavy atom. The number of carbonyl (C=O) groups is 1. The number of hydrogen-bond acceptors (Lipinski definition) is 4. The van der Waals surface area contributed by atoms with Gasteiger partial charge >= 0.3 is 0 Å². The summed E-state index contributed by atoms with van der Waals surface area (Å²) in [7, 11) is 0. The van der Waals surface area contributed by atoms with Crippen molar-refractivity contribution in [3.05, 3.63) is 35.4 Å². The topological polar surface area (TPSA) is 69.6 Å². The number of rotatable bonds is 7. The van der Waals surface area contributed by atoms with Crippen molar-refractivity contribution in [1.29, 1.82) is 0 Å². The number of benzene rings is 1. The van der Waals surface area contributed by atoms with E-state index in [9.17, 15) is 4.79 Å². The molecule has 0 spiro atoms. The van der Waals surface area contributed by atoms with Crippen molar-refractivity contribution >= 4 is 17.7 Å². The lowest BCUT2D eigenvalue weighted by atomic mass is 10.2. The third kappa shape index (κ3) is 6.05. The van der Waals surface area contributed by atoms with E-state index in [4.69, 9.17) is 10.2 Å². The maximum Gasteiger partial charge on any atom is 0.230 e. The van der Waals surface area contributed by atoms with Crippen LogP contribution >= 0.6 is 11.8 Å². The second kappa shape index (κ2) is 8.13. The Bertz CT molecular complexity index is 384. The summed E-state index contributed by atoms with van der Waals surface area (Å²) in [5.74, 6) is 1.02. The smallest absolute Gasteiger partial charge is 0.230 e. The van der Waals surface area contributed by atoms with E-state index >= 15 is 0 Å². The zero-order valence-electron chi connectivity index (χ0n) is 10.4. The summed E-state index contributed by atoms with van der Waals surface area (Å²) < 4.78 is 0. The third-order valence-electron chi connectivity index (χ3n) is 2.33. The summed E-state index contributed by atoms with van der Waals surface area (Å²) in [6, 6.07) is 8.17. The number of nitrogens with one attached hydrogen (secondary N) is 1. The summed E-state index contributed by atoms with van der Waals surface area (Å²) in [6.45, 7) is 1.80. The number of thioether (sulfide) groups is 1. The van der Waals surface area contributed by atoms with Crippen molar-refractivity contribution in [2.24, 2.45) is 0 Å². The van der Waals surface area contributed by atoms with E-state index in [1.54, 1.807) is 0 Å². The molecule has 1 atom stereocenters. The zero-order chi connectivity index (χ0) is 13.4. The first-order valence-corrected chi connectivity index (χ1v) is 6.96. The maximum absolute atomic E-state index is 11.4. The normalized spacial score (nSPS) is 12.2. The second-order valence-electron chi connectivity index (χ2n) is 4.12. The minimum atomic E-state index is -0.879. The molecule has 5 heteroatoms. The molecule has 1 amide bonds. The van der Waals surface area contributed by atoms with Gasteiger partial charge in [0.15, 0.2) is 0 Å². The number of aryl methyl sites for hydroxylation is 1. The van der Waals surface area contributed by atoms with Gasteiger partial charge in [-0.05, 0) is 12.5 Å². The fourth-order valence-electron chi connectivity index (χ4n) is 1.41. The molecule has 1 aromatic rings. The second-order valence-corrected chi connectivity index (χ2v) is 5.11. The van der Waals surface area contributed by atoms with E-state index in [2.05, 4.69) is 11.4 Å². The van der Waals surface area contributed by atoms with Crippen LogP contribution in [0.15, 0.2) is 24.3 Å². The Morgan fingerprint density at radius 2 is 2.28 bits per heavy atom. The fraction of sp³-hybridized carbons (Fsp3) is 0.462. The van der Waals surface area contributed by atoms with Crippen LogP contribution in [0.4, 0.5) is 0 Å². The van der Waals surface area contributed by atoms with Crippen LogP contribution in [0.25, 0.3) is 0 Å². The molecule has 0 bridgehead atoms. The summed E-state index contributed by atoms with van der Waals surface area (Å²) in [5.41, 5.74) is 2.41. The molecule has 0 fully saturated rings. The minimum Gasteiger partial charge on any atom is -0.394 e. The molecule has 0 aliphatic heterocycles. The van der Waals surface area contributed by atoms with Gasteiger partial charge in [-0.25, -0.2) is 0 Å². The monoisotopic (exact) mass is 269 g/mol. The van der Waals surface area contributed by atoms with Gasteiger partial charge in [0, 0.05) is 12.3 Å². The molecular weight excluding hydrogens is 250 g/mol. The van der Waals surface area contributed by atoms with Crippen molar-refractivity contribution in [2.75, 3.05) is 18.9 Å². The van der Waals surface area contributed by atoms with Crippen LogP contribution in [0.3, 0.4) is 0 Å². The lowest BCUT2D eigenvalue weighted by Crippen LogP contribution is -2.34. The molecule has 0 aliphatic carbocycles. The Kier molecular flexibility index (Phi) is 6.78. The van der Waals surface area contributed by atoms with Crippen LogP contribution in [-0.4, -0.2) is 41.1 Å². The highest BCUT2D eigenvalue weighted by Gasteiger charge is 2.05. The maximum atomic E-state index is 11.4. The summed E-state index contributed by atoms with van der Waals surface area (Å²) in [4.78, 5) is 11.4. The molecule has 0 heterocycles. The molecule has 3 N–H and O–H groups in total. The summed E-state index contributed by atoms with van der Waals surface area (Å²) in [6.07, 6.45) is -0.879. The summed E-state index contributed by atoms with van der Waals surface area (Å²) >= 11 is 1.53. The zero-order valence-corrected chi connectivity index (χ0v) is 11.2. The van der Waals surface area contributed by atoms with Crippen molar-refractivity contribution in [3.8, 4) is 0 Å². The SMILES string of the molecule is Cc1cccc(CSCC(=O)NCC(O)CO)c1. The fourth-order valence-corrected chi connectivity index (χ4v) is 2.22. The Labute approximate surface area is 111 Å². The lowest BCUT2D eigenvalue weighted by Gasteiger charge is -2.08. The summed E-state index contributed by atoms with van der Waals surface area (Å²) in [5, 5.41) is 20.2. The molecular formula is C13H19NO3S. The van der Waals surface area contributed by atoms with E-state index in [1.165, 1.54) is 22.9 Å². The van der Waals surface area contributed by atoms with Gasteiger partial charge in [0.05, 0.1) is 18.5 Å². The van der Waals surface area contributed by atoms with Gasteiger partial charge in [0.25, 0.3) is 0 Å². The standard InChI is InChI=1S/C13H19NO3S/c1-10-3-2-4-11(5-10)8-18-9-13(17)14-6-12(16)7-15/h2-5,12,15-16H,6-9H2,1H3,(H,14,17). The van der Waals surface area contributed by atoms with Crippen LogP contribution in [0.2, 0.25) is 0 Å². The van der Waals surface area contributed by atoms with E-state index in [-0.39, 0.29) is 19.1 Å². The molecule has 0 saturated carbocycles. The van der Waals surface area contributed by atoms with Crippen molar-refractivity contribution in [2.45, 2.75) is 18.8 Å². The van der Waals surface area contributed by atoms with Gasteiger partial charge in [0.1, 0.15) is 0 Å². The first-order valence-electron chi connectivity index (χ1n) is 5.80. The average Bonchev–Trinajstić information content (AvgIpc) is 2.36. The molecule has 4 nitrogen and oxygen atoms in total. The molecule has 1 unspecified atom stereocenters. The minimum absolute atomic E-state index is 0.0976. The quantitative estimate of drug-likeness (QED) is 0.681. The lowest BCUT2D eigenvalue weighted by molar-refractivity contribution is -0.119. The van der Waals surface area contributed by atoms with Crippen molar-refractivity contribution in [3.63, 3.8) is 0 Å². The number of carbonyl (C=O) groups excluding carboxylic acids is 1. The number of amides is 1. The predicted molar refractivity (Wildman–Crippen MR) is 73.4 cm³/mol. The number of aliphatic hydroxyl groups is 2. The van der Waals surface area contributed by atoms with E-state index in [0.717, 1.165) is 5.75 Å². The Balaban J connectivity index is 2.19. The molecule has 0 aromatic heterocycles.